The molecule has 15 nitrogen and oxygen atoms in total. The van der Waals surface area contributed by atoms with Crippen LogP contribution < -0.4 is 25.2 Å². The van der Waals surface area contributed by atoms with Crippen molar-refractivity contribution in [2.24, 2.45) is 5.41 Å². The third-order valence-corrected chi connectivity index (χ3v) is 12.3. The summed E-state index contributed by atoms with van der Waals surface area (Å²) in [5, 5.41) is 14.9. The van der Waals surface area contributed by atoms with Crippen LogP contribution in [0.15, 0.2) is 79.9 Å². The molecular formula is C44H46Cl2N10O5. The SMILES string of the molecule is C=CNCCN(CCN1CC2(C1)CN(c1ccc(-c3n[nH]c4ccc(O[C@H](C)c5c(Cl)cncc5Cl)cc34)cn1)C2)c1ccc(C(=O)N(C=O)C2CCC(=O)NC2=O)c(C)c1. The van der Waals surface area contributed by atoms with Gasteiger partial charge in [-0.25, -0.2) is 4.98 Å². The molecule has 5 aromatic rings. The Morgan fingerprint density at radius 2 is 1.85 bits per heavy atom. The molecule has 2 atom stereocenters. The van der Waals surface area contributed by atoms with Gasteiger partial charge in [0.05, 0.1) is 15.6 Å². The van der Waals surface area contributed by atoms with Gasteiger partial charge in [-0.3, -0.25) is 39.5 Å². The lowest BCUT2D eigenvalue weighted by atomic mass is 9.73. The van der Waals surface area contributed by atoms with Crippen LogP contribution >= 0.6 is 23.2 Å². The van der Waals surface area contributed by atoms with Gasteiger partial charge in [-0.15, -0.1) is 0 Å². The van der Waals surface area contributed by atoms with E-state index in [-0.39, 0.29) is 18.3 Å². The largest absolute Gasteiger partial charge is 0.486 e. The molecule has 1 unspecified atom stereocenters. The standard InChI is InChI=1S/C44H46Cl2N10O5/c1-4-47-13-14-54(30-6-8-32(27(2)17-30)43(60)56(26-57)37-10-12-39(58)50-42(37)59)16-15-53-22-44(23-53)24-55(25-44)38-11-5-29(19-49-38)41-33-18-31(7-9-36(33)51-52-41)61-28(3)40-34(45)20-48-21-35(40)46/h4-9,11,17-21,26,28,37,47H,1,10,12-16,22-25H2,2-3H3,(H,51,52)(H,50,58,59)/t28-,37?/m1/s1. The van der Waals surface area contributed by atoms with Gasteiger partial charge < -0.3 is 24.8 Å². The highest BCUT2D eigenvalue weighted by atomic mass is 35.5. The summed E-state index contributed by atoms with van der Waals surface area (Å²) >= 11 is 12.7. The number of amides is 4. The lowest BCUT2D eigenvalue weighted by molar-refractivity contribution is -0.139. The van der Waals surface area contributed by atoms with E-state index in [1.807, 2.05) is 50.4 Å². The molecule has 6 heterocycles. The molecule has 3 aromatic heterocycles. The maximum Gasteiger partial charge on any atom is 0.261 e. The van der Waals surface area contributed by atoms with E-state index in [2.05, 4.69) is 59.2 Å². The molecule has 3 N–H and O–H groups in total. The number of piperidine rings is 1. The molecule has 17 heteroatoms. The number of aromatic amines is 1. The number of nitrogens with zero attached hydrogens (tertiary/aromatic N) is 7. The van der Waals surface area contributed by atoms with E-state index in [0.29, 0.717) is 52.0 Å². The van der Waals surface area contributed by atoms with Gasteiger partial charge >= 0.3 is 0 Å². The summed E-state index contributed by atoms with van der Waals surface area (Å²) in [6, 6.07) is 14.4. The number of hydrogen-bond acceptors (Lipinski definition) is 12. The summed E-state index contributed by atoms with van der Waals surface area (Å²) in [4.78, 5) is 66.3. The second-order valence-corrected chi connectivity index (χ2v) is 16.8. The van der Waals surface area contributed by atoms with Gasteiger partial charge in [-0.2, -0.15) is 5.10 Å². The Bertz CT molecular complexity index is 2460. The Kier molecular flexibility index (Phi) is 12.0. The Labute approximate surface area is 363 Å². The maximum absolute atomic E-state index is 13.4. The van der Waals surface area contributed by atoms with Gasteiger partial charge in [0, 0.05) is 111 Å². The summed E-state index contributed by atoms with van der Waals surface area (Å²) in [5.41, 5.74) is 5.43. The summed E-state index contributed by atoms with van der Waals surface area (Å²) in [7, 11) is 0. The second-order valence-electron chi connectivity index (χ2n) is 16.0. The maximum atomic E-state index is 13.4. The molecule has 0 radical (unpaired) electrons. The fourth-order valence-electron chi connectivity index (χ4n) is 8.63. The van der Waals surface area contributed by atoms with Crippen LogP contribution in [-0.2, 0) is 14.4 Å². The van der Waals surface area contributed by atoms with Crippen molar-refractivity contribution in [1.82, 2.24) is 40.6 Å². The van der Waals surface area contributed by atoms with E-state index in [1.54, 1.807) is 24.7 Å². The summed E-state index contributed by atoms with van der Waals surface area (Å²) in [6.07, 6.45) is 6.78. The highest BCUT2D eigenvalue weighted by molar-refractivity contribution is 6.35. The Morgan fingerprint density at radius 3 is 2.54 bits per heavy atom. The number of hydrogen-bond donors (Lipinski definition) is 3. The molecule has 8 rings (SSSR count). The van der Waals surface area contributed by atoms with Crippen molar-refractivity contribution < 1.29 is 23.9 Å². The van der Waals surface area contributed by atoms with Crippen molar-refractivity contribution in [3.63, 3.8) is 0 Å². The number of ether oxygens (including phenoxy) is 1. The normalized spacial score (nSPS) is 17.6. The average molecular weight is 866 g/mol. The predicted molar refractivity (Wildman–Crippen MR) is 234 cm³/mol. The smallest absolute Gasteiger partial charge is 0.261 e. The van der Waals surface area contributed by atoms with Gasteiger partial charge in [-0.1, -0.05) is 29.8 Å². The Morgan fingerprint density at radius 1 is 1.07 bits per heavy atom. The summed E-state index contributed by atoms with van der Waals surface area (Å²) < 4.78 is 6.25. The molecule has 2 aromatic carbocycles. The number of likely N-dealkylation sites (tertiary alicyclic amines) is 1. The number of pyridine rings is 2. The highest BCUT2D eigenvalue weighted by Gasteiger charge is 2.51. The minimum atomic E-state index is -1.02. The molecule has 3 aliphatic rings. The Hall–Kier alpha value is -6.03. The summed E-state index contributed by atoms with van der Waals surface area (Å²) in [6.45, 7) is 14.4. The first kappa shape index (κ1) is 41.7. The van der Waals surface area contributed by atoms with Crippen molar-refractivity contribution in [2.75, 3.05) is 62.2 Å². The third-order valence-electron chi connectivity index (χ3n) is 11.7. The van der Waals surface area contributed by atoms with E-state index in [1.165, 1.54) is 0 Å². The van der Waals surface area contributed by atoms with E-state index in [9.17, 15) is 19.2 Å². The van der Waals surface area contributed by atoms with E-state index < -0.39 is 29.9 Å². The fraction of sp³-hybridized carbons (Fsp3) is 0.341. The topological polar surface area (TPSA) is 169 Å². The van der Waals surface area contributed by atoms with Gasteiger partial charge in [-0.05, 0) is 80.6 Å². The number of rotatable bonds is 16. The van der Waals surface area contributed by atoms with Crippen LogP contribution in [0.1, 0.15) is 47.4 Å². The van der Waals surface area contributed by atoms with Crippen molar-refractivity contribution in [1.29, 1.82) is 0 Å². The monoisotopic (exact) mass is 864 g/mol. The zero-order valence-electron chi connectivity index (χ0n) is 33.9. The average Bonchev–Trinajstić information content (AvgIpc) is 3.63. The minimum absolute atomic E-state index is 0.0637. The number of carbonyl (C=O) groups excluding carboxylic acids is 4. The molecule has 3 fully saturated rings. The number of fused-ring (bicyclic) bond motifs is 1. The van der Waals surface area contributed by atoms with E-state index >= 15 is 0 Å². The molecular weight excluding hydrogens is 819 g/mol. The van der Waals surface area contributed by atoms with Crippen molar-refractivity contribution in [3.05, 3.63) is 107 Å². The minimum Gasteiger partial charge on any atom is -0.486 e. The first-order chi connectivity index (χ1) is 29.5. The number of H-pyrrole nitrogens is 1. The number of halogens is 2. The molecule has 0 saturated carbocycles. The lowest BCUT2D eigenvalue weighted by Crippen LogP contribution is -2.72. The number of benzene rings is 2. The van der Waals surface area contributed by atoms with Crippen LogP contribution in [0.3, 0.4) is 0 Å². The number of aryl methyl sites for hydroxylation is 1. The second kappa shape index (κ2) is 17.5. The predicted octanol–water partition coefficient (Wildman–Crippen LogP) is 5.54. The van der Waals surface area contributed by atoms with Crippen LogP contribution in [0.25, 0.3) is 22.2 Å². The summed E-state index contributed by atoms with van der Waals surface area (Å²) in [5.74, 6) is -0.0400. The number of imide groups is 2. The number of carbonyl (C=O) groups is 4. The molecule has 3 saturated heterocycles. The molecule has 316 valence electrons. The van der Waals surface area contributed by atoms with Gasteiger partial charge in [0.15, 0.2) is 0 Å². The first-order valence-corrected chi connectivity index (χ1v) is 20.9. The zero-order chi connectivity index (χ0) is 42.8. The van der Waals surface area contributed by atoms with Crippen LogP contribution in [0.5, 0.6) is 5.75 Å². The molecule has 4 amide bonds. The quantitative estimate of drug-likeness (QED) is 0.0645. The van der Waals surface area contributed by atoms with Crippen molar-refractivity contribution >= 4 is 69.7 Å². The van der Waals surface area contributed by atoms with Crippen LogP contribution in [0.4, 0.5) is 11.5 Å². The number of anilines is 2. The number of nitrogens with one attached hydrogen (secondary N) is 3. The van der Waals surface area contributed by atoms with Crippen LogP contribution in [-0.4, -0.2) is 112 Å². The fourth-order valence-corrected chi connectivity index (χ4v) is 9.30. The lowest BCUT2D eigenvalue weighted by Gasteiger charge is -2.61. The van der Waals surface area contributed by atoms with Crippen LogP contribution in [0.2, 0.25) is 10.0 Å². The highest BCUT2D eigenvalue weighted by Crippen LogP contribution is 2.42. The van der Waals surface area contributed by atoms with Gasteiger partial charge in [0.1, 0.15) is 29.4 Å². The third kappa shape index (κ3) is 8.63. The van der Waals surface area contributed by atoms with Crippen molar-refractivity contribution in [2.45, 2.75) is 38.8 Å². The van der Waals surface area contributed by atoms with E-state index in [4.69, 9.17) is 32.9 Å². The van der Waals surface area contributed by atoms with Crippen LogP contribution in [0, 0.1) is 12.3 Å². The Balaban J connectivity index is 0.853. The molecule has 0 bridgehead atoms. The molecule has 0 aliphatic carbocycles. The zero-order valence-corrected chi connectivity index (χ0v) is 35.4. The van der Waals surface area contributed by atoms with Gasteiger partial charge in [0.25, 0.3) is 5.91 Å². The first-order valence-electron chi connectivity index (χ1n) is 20.1. The molecule has 3 aliphatic heterocycles. The van der Waals surface area contributed by atoms with Gasteiger partial charge in [0.2, 0.25) is 18.2 Å². The molecule has 61 heavy (non-hydrogen) atoms. The molecule has 1 spiro atoms. The number of aromatic nitrogens is 4. The van der Waals surface area contributed by atoms with Crippen molar-refractivity contribution in [3.8, 4) is 17.0 Å². The van der Waals surface area contributed by atoms with E-state index in [0.717, 1.165) is 77.8 Å².